The maximum atomic E-state index is 8.73. The maximum absolute atomic E-state index is 8.73. The zero-order valence-corrected chi connectivity index (χ0v) is 15.3. The van der Waals surface area contributed by atoms with Gasteiger partial charge in [-0.15, -0.1) is 0 Å². The van der Waals surface area contributed by atoms with E-state index in [1.165, 1.54) is 18.0 Å². The molecule has 0 spiro atoms. The monoisotopic (exact) mass is 363 g/mol. The van der Waals surface area contributed by atoms with Crippen LogP contribution < -0.4 is 9.80 Å². The summed E-state index contributed by atoms with van der Waals surface area (Å²) in [5.74, 6) is 0.844. The van der Waals surface area contributed by atoms with Crippen molar-refractivity contribution in [1.29, 1.82) is 0 Å². The highest BCUT2D eigenvalue weighted by Gasteiger charge is 2.39. The molecule has 1 unspecified atom stereocenters. The molecule has 5 rings (SSSR count). The quantitative estimate of drug-likeness (QED) is 0.510. The number of furan rings is 1. The van der Waals surface area contributed by atoms with Crippen LogP contribution in [-0.2, 0) is 0 Å². The smallest absolute Gasteiger partial charge is 0.227 e. The predicted octanol–water partition coefficient (Wildman–Crippen LogP) is 4.79. The summed E-state index contributed by atoms with van der Waals surface area (Å²) in [7, 11) is 0. The summed E-state index contributed by atoms with van der Waals surface area (Å²) < 4.78 is 38.8. The van der Waals surface area contributed by atoms with Crippen molar-refractivity contribution in [3.8, 4) is 0 Å². The third-order valence-corrected chi connectivity index (χ3v) is 5.06. The van der Waals surface area contributed by atoms with Crippen LogP contribution in [0.15, 0.2) is 47.3 Å². The predicted molar refractivity (Wildman–Crippen MR) is 108 cm³/mol. The fourth-order valence-electron chi connectivity index (χ4n) is 3.92. The second-order valence-electron chi connectivity index (χ2n) is 6.73. The van der Waals surface area contributed by atoms with Crippen LogP contribution in [0.5, 0.6) is 0 Å². The van der Waals surface area contributed by atoms with Crippen molar-refractivity contribution in [1.82, 2.24) is 15.0 Å². The van der Waals surface area contributed by atoms with Crippen molar-refractivity contribution in [2.45, 2.75) is 39.8 Å². The van der Waals surface area contributed by atoms with Crippen molar-refractivity contribution >= 4 is 39.4 Å². The summed E-state index contributed by atoms with van der Waals surface area (Å²) in [5, 5.41) is 1.80. The summed E-state index contributed by atoms with van der Waals surface area (Å²) in [4.78, 5) is 16.7. The Labute approximate surface area is 163 Å². The van der Waals surface area contributed by atoms with Crippen LogP contribution >= 0.6 is 0 Å². The van der Waals surface area contributed by atoms with Crippen LogP contribution in [0.25, 0.3) is 22.1 Å². The second kappa shape index (κ2) is 5.67. The van der Waals surface area contributed by atoms with E-state index in [0.29, 0.717) is 22.9 Å². The van der Waals surface area contributed by atoms with Crippen LogP contribution in [0.4, 0.5) is 17.3 Å². The molecule has 0 saturated heterocycles. The number of anilines is 3. The minimum atomic E-state index is -2.56. The van der Waals surface area contributed by atoms with E-state index < -0.39 is 19.0 Å². The summed E-state index contributed by atoms with van der Waals surface area (Å²) in [6.45, 7) is 2.64. The first-order valence-electron chi connectivity index (χ1n) is 10.8. The van der Waals surface area contributed by atoms with Gasteiger partial charge in [0.1, 0.15) is 6.17 Å². The van der Waals surface area contributed by atoms with E-state index in [2.05, 4.69) is 15.0 Å². The van der Waals surface area contributed by atoms with E-state index in [0.717, 1.165) is 22.0 Å². The van der Waals surface area contributed by atoms with Gasteiger partial charge in [0.2, 0.25) is 5.71 Å². The molecular weight excluding hydrogens is 338 g/mol. The van der Waals surface area contributed by atoms with E-state index >= 15 is 0 Å². The third-order valence-electron chi connectivity index (χ3n) is 5.06. The average Bonchev–Trinajstić information content (AvgIpc) is 3.22. The Morgan fingerprint density at radius 2 is 1.93 bits per heavy atom. The molecular formula is C21H21N5O. The van der Waals surface area contributed by atoms with Gasteiger partial charge in [0.05, 0.1) is 7.06 Å². The highest BCUT2D eigenvalue weighted by atomic mass is 16.3. The number of aromatic nitrogens is 3. The Hall–Kier alpha value is -3.15. The molecule has 0 N–H and O–H groups in total. The van der Waals surface area contributed by atoms with Gasteiger partial charge in [0.15, 0.2) is 17.2 Å². The standard InChI is InChI=1S/C21H21N5O/c1-12(2)25-14(4)26(20-19(25)22-10-11-23-20)17-13(3)7-8-15-16-6-5-9-24-21(16)27-18(15)17/h5-12,14H,1-4H3/t14-/m0/s1/i1D3,12D/t12?,14-. The largest absolute Gasteiger partial charge is 0.435 e. The summed E-state index contributed by atoms with van der Waals surface area (Å²) >= 11 is 0. The van der Waals surface area contributed by atoms with Crippen molar-refractivity contribution in [2.24, 2.45) is 0 Å². The summed E-state index contributed by atoms with van der Waals surface area (Å²) in [5.41, 5.74) is 2.85. The number of aryl methyl sites for hydroxylation is 1. The van der Waals surface area contributed by atoms with Gasteiger partial charge in [-0.05, 0) is 45.3 Å². The van der Waals surface area contributed by atoms with Crippen molar-refractivity contribution in [2.75, 3.05) is 9.80 Å². The van der Waals surface area contributed by atoms with Crippen molar-refractivity contribution < 1.29 is 9.90 Å². The van der Waals surface area contributed by atoms with Gasteiger partial charge in [-0.25, -0.2) is 15.0 Å². The fourth-order valence-corrected chi connectivity index (χ4v) is 3.92. The first-order chi connectivity index (χ1) is 14.6. The third kappa shape index (κ3) is 2.16. The molecule has 2 atom stereocenters. The van der Waals surface area contributed by atoms with Gasteiger partial charge >= 0.3 is 0 Å². The maximum Gasteiger partial charge on any atom is 0.227 e. The molecule has 4 aromatic rings. The Morgan fingerprint density at radius 1 is 1.11 bits per heavy atom. The lowest BCUT2D eigenvalue weighted by atomic mass is 10.1. The molecule has 4 heterocycles. The Morgan fingerprint density at radius 3 is 2.74 bits per heavy atom. The zero-order valence-electron chi connectivity index (χ0n) is 19.3. The lowest BCUT2D eigenvalue weighted by Gasteiger charge is -2.32. The highest BCUT2D eigenvalue weighted by molar-refractivity contribution is 6.09. The Bertz CT molecular complexity index is 1320. The SMILES string of the molecule is [2H]C([2H])([2H])C([2H])(C)N1c2nccnc2N(c2c(C)ccc3c2oc2ncccc23)[C@H]1C. The fraction of sp³-hybridized carbons (Fsp3) is 0.286. The molecule has 0 radical (unpaired) electrons. The summed E-state index contributed by atoms with van der Waals surface area (Å²) in [6, 6.07) is 5.89. The highest BCUT2D eigenvalue weighted by Crippen LogP contribution is 2.46. The summed E-state index contributed by atoms with van der Waals surface area (Å²) in [6.07, 6.45) is 4.22. The van der Waals surface area contributed by atoms with Gasteiger partial charge in [-0.2, -0.15) is 0 Å². The first kappa shape index (κ1) is 12.3. The van der Waals surface area contributed by atoms with Crippen molar-refractivity contribution in [3.63, 3.8) is 0 Å². The lowest BCUT2D eigenvalue weighted by Crippen LogP contribution is -2.42. The first-order valence-corrected chi connectivity index (χ1v) is 8.79. The van der Waals surface area contributed by atoms with Gasteiger partial charge in [0, 0.05) is 39.5 Å². The van der Waals surface area contributed by atoms with Gasteiger partial charge in [-0.1, -0.05) is 12.1 Å². The molecule has 0 amide bonds. The molecule has 6 heteroatoms. The van der Waals surface area contributed by atoms with Crippen LogP contribution in [0.1, 0.15) is 31.7 Å². The van der Waals surface area contributed by atoms with Crippen molar-refractivity contribution in [3.05, 3.63) is 48.4 Å². The van der Waals surface area contributed by atoms with Gasteiger partial charge in [-0.3, -0.25) is 4.90 Å². The number of nitrogens with zero attached hydrogens (tertiary/aromatic N) is 5. The van der Waals surface area contributed by atoms with Crippen LogP contribution in [0.2, 0.25) is 0 Å². The Kier molecular flexibility index (Phi) is 2.58. The van der Waals surface area contributed by atoms with E-state index in [1.54, 1.807) is 12.4 Å². The lowest BCUT2D eigenvalue weighted by molar-refractivity contribution is 0.597. The Balaban J connectivity index is 1.79. The van der Waals surface area contributed by atoms with Gasteiger partial charge < -0.3 is 9.32 Å². The van der Waals surface area contributed by atoms with E-state index in [1.807, 2.05) is 43.0 Å². The van der Waals surface area contributed by atoms with Crippen LogP contribution in [0, 0.1) is 6.92 Å². The zero-order chi connectivity index (χ0) is 22.1. The minimum Gasteiger partial charge on any atom is -0.435 e. The van der Waals surface area contributed by atoms with E-state index in [-0.39, 0.29) is 0 Å². The number of fused-ring (bicyclic) bond motifs is 4. The molecule has 6 nitrogen and oxygen atoms in total. The van der Waals surface area contributed by atoms with E-state index in [4.69, 9.17) is 9.90 Å². The number of benzene rings is 1. The topological polar surface area (TPSA) is 58.3 Å². The number of hydrogen-bond donors (Lipinski definition) is 0. The molecule has 0 fully saturated rings. The average molecular weight is 363 g/mol. The van der Waals surface area contributed by atoms with Gasteiger partial charge in [0.25, 0.3) is 0 Å². The molecule has 3 aromatic heterocycles. The van der Waals surface area contributed by atoms with Crippen LogP contribution in [0.3, 0.4) is 0 Å². The minimum absolute atomic E-state index is 0.356. The molecule has 0 aliphatic carbocycles. The molecule has 1 aromatic carbocycles. The molecule has 1 aliphatic rings. The number of pyridine rings is 1. The molecule has 0 bridgehead atoms. The molecule has 1 aliphatic heterocycles. The molecule has 136 valence electrons. The second-order valence-corrected chi connectivity index (χ2v) is 6.73. The molecule has 0 saturated carbocycles. The number of hydrogen-bond acceptors (Lipinski definition) is 6. The normalized spacial score (nSPS) is 21.5. The number of rotatable bonds is 2. The van der Waals surface area contributed by atoms with Crippen LogP contribution in [-0.4, -0.2) is 27.1 Å². The van der Waals surface area contributed by atoms with E-state index in [9.17, 15) is 0 Å². The molecule has 27 heavy (non-hydrogen) atoms.